The molecule has 1 rings (SSSR count). The lowest BCUT2D eigenvalue weighted by molar-refractivity contribution is 0.0417. The average Bonchev–Trinajstić information content (AvgIpc) is 2.40. The van der Waals surface area contributed by atoms with E-state index in [-0.39, 0.29) is 12.4 Å². The predicted molar refractivity (Wildman–Crippen MR) is 73.1 cm³/mol. The molecule has 20 heavy (non-hydrogen) atoms. The third-order valence-electron chi connectivity index (χ3n) is 2.78. The molecule has 7 heteroatoms. The van der Waals surface area contributed by atoms with Crippen LogP contribution in [-0.2, 0) is 11.3 Å². The van der Waals surface area contributed by atoms with Crippen molar-refractivity contribution in [2.75, 3.05) is 27.3 Å². The van der Waals surface area contributed by atoms with Crippen LogP contribution in [0.2, 0.25) is 0 Å². The molecule has 0 saturated heterocycles. The number of halogens is 1. The summed E-state index contributed by atoms with van der Waals surface area (Å²) in [4.78, 5) is 1.78. The SMILES string of the molecule is COCC(O)CN(C)Cc1ccc(C(N)=NO)cc1F. The summed E-state index contributed by atoms with van der Waals surface area (Å²) in [5.41, 5.74) is 6.17. The highest BCUT2D eigenvalue weighted by Crippen LogP contribution is 2.12. The minimum Gasteiger partial charge on any atom is -0.409 e. The minimum absolute atomic E-state index is 0.140. The zero-order valence-electron chi connectivity index (χ0n) is 11.6. The van der Waals surface area contributed by atoms with E-state index in [0.29, 0.717) is 24.2 Å². The number of aliphatic hydroxyl groups excluding tert-OH is 1. The van der Waals surface area contributed by atoms with Gasteiger partial charge in [0.15, 0.2) is 5.84 Å². The van der Waals surface area contributed by atoms with Gasteiger partial charge in [-0.1, -0.05) is 17.3 Å². The lowest BCUT2D eigenvalue weighted by Crippen LogP contribution is -2.31. The number of rotatable bonds is 7. The van der Waals surface area contributed by atoms with Gasteiger partial charge in [0.05, 0.1) is 12.7 Å². The number of methoxy groups -OCH3 is 1. The number of oxime groups is 1. The van der Waals surface area contributed by atoms with Crippen LogP contribution in [0.15, 0.2) is 23.4 Å². The molecule has 0 aromatic heterocycles. The summed E-state index contributed by atoms with van der Waals surface area (Å²) in [6.45, 7) is 0.938. The van der Waals surface area contributed by atoms with Gasteiger partial charge in [0.1, 0.15) is 5.82 Å². The van der Waals surface area contributed by atoms with Gasteiger partial charge in [0.2, 0.25) is 0 Å². The van der Waals surface area contributed by atoms with Gasteiger partial charge in [0.25, 0.3) is 0 Å². The Morgan fingerprint density at radius 1 is 1.55 bits per heavy atom. The van der Waals surface area contributed by atoms with E-state index in [9.17, 15) is 9.50 Å². The van der Waals surface area contributed by atoms with Gasteiger partial charge in [-0.3, -0.25) is 4.90 Å². The molecule has 0 radical (unpaired) electrons. The van der Waals surface area contributed by atoms with E-state index in [2.05, 4.69) is 5.16 Å². The molecule has 1 aromatic carbocycles. The normalized spacial score (nSPS) is 13.8. The molecule has 1 atom stereocenters. The number of benzene rings is 1. The van der Waals surface area contributed by atoms with Crippen molar-refractivity contribution in [3.63, 3.8) is 0 Å². The second-order valence-corrected chi connectivity index (χ2v) is 4.60. The van der Waals surface area contributed by atoms with Crippen LogP contribution in [0.1, 0.15) is 11.1 Å². The highest BCUT2D eigenvalue weighted by atomic mass is 19.1. The predicted octanol–water partition coefficient (Wildman–Crippen LogP) is 0.359. The van der Waals surface area contributed by atoms with Gasteiger partial charge in [-0.15, -0.1) is 0 Å². The fraction of sp³-hybridized carbons (Fsp3) is 0.462. The summed E-state index contributed by atoms with van der Waals surface area (Å²) in [5.74, 6) is -0.582. The van der Waals surface area contributed by atoms with Crippen molar-refractivity contribution >= 4 is 5.84 Å². The Balaban J connectivity index is 2.69. The van der Waals surface area contributed by atoms with Crippen molar-refractivity contribution in [2.24, 2.45) is 10.9 Å². The number of likely N-dealkylation sites (N-methyl/N-ethyl adjacent to an activating group) is 1. The van der Waals surface area contributed by atoms with E-state index >= 15 is 0 Å². The van der Waals surface area contributed by atoms with E-state index in [0.717, 1.165) is 0 Å². The molecule has 0 saturated carbocycles. The number of ether oxygens (including phenoxy) is 1. The summed E-state index contributed by atoms with van der Waals surface area (Å²) in [6.07, 6.45) is -0.621. The zero-order valence-corrected chi connectivity index (χ0v) is 11.6. The topological polar surface area (TPSA) is 91.3 Å². The summed E-state index contributed by atoms with van der Waals surface area (Å²) in [6, 6.07) is 4.36. The number of hydrogen-bond acceptors (Lipinski definition) is 5. The fourth-order valence-corrected chi connectivity index (χ4v) is 1.85. The molecule has 0 amide bonds. The van der Waals surface area contributed by atoms with Gasteiger partial charge in [-0.2, -0.15) is 0 Å². The summed E-state index contributed by atoms with van der Waals surface area (Å²) in [5, 5.41) is 21.0. The Bertz CT molecular complexity index is 468. The van der Waals surface area contributed by atoms with Gasteiger partial charge in [-0.05, 0) is 13.1 Å². The Labute approximate surface area is 117 Å². The molecular formula is C13H20FN3O3. The molecule has 0 bridgehead atoms. The quantitative estimate of drug-likeness (QED) is 0.291. The molecule has 4 N–H and O–H groups in total. The molecule has 112 valence electrons. The summed E-state index contributed by atoms with van der Waals surface area (Å²) in [7, 11) is 3.28. The van der Waals surface area contributed by atoms with Gasteiger partial charge < -0.3 is 20.8 Å². The van der Waals surface area contributed by atoms with Crippen molar-refractivity contribution in [1.82, 2.24) is 4.90 Å². The van der Waals surface area contributed by atoms with Crippen molar-refractivity contribution in [2.45, 2.75) is 12.6 Å². The standard InChI is InChI=1S/C13H20FN3O3/c1-17(7-11(18)8-20-2)6-10-4-3-9(5-12(10)14)13(15)16-19/h3-5,11,18-19H,6-8H2,1-2H3,(H2,15,16). The minimum atomic E-state index is -0.621. The Morgan fingerprint density at radius 3 is 2.80 bits per heavy atom. The number of aliphatic hydroxyl groups is 1. The summed E-state index contributed by atoms with van der Waals surface area (Å²) < 4.78 is 18.7. The Morgan fingerprint density at radius 2 is 2.25 bits per heavy atom. The first-order valence-corrected chi connectivity index (χ1v) is 6.09. The van der Waals surface area contributed by atoms with Crippen LogP contribution < -0.4 is 5.73 Å². The zero-order chi connectivity index (χ0) is 15.1. The van der Waals surface area contributed by atoms with Crippen LogP contribution in [0.3, 0.4) is 0 Å². The lowest BCUT2D eigenvalue weighted by atomic mass is 10.1. The molecular weight excluding hydrogens is 265 g/mol. The molecule has 0 fully saturated rings. The van der Waals surface area contributed by atoms with Gasteiger partial charge in [0, 0.05) is 31.3 Å². The van der Waals surface area contributed by atoms with Crippen molar-refractivity contribution in [3.8, 4) is 0 Å². The van der Waals surface area contributed by atoms with Crippen molar-refractivity contribution < 1.29 is 19.4 Å². The second-order valence-electron chi connectivity index (χ2n) is 4.60. The van der Waals surface area contributed by atoms with Crippen LogP contribution in [-0.4, -0.2) is 54.5 Å². The molecule has 0 spiro atoms. The first kappa shape index (κ1) is 16.4. The molecule has 0 aliphatic carbocycles. The second kappa shape index (κ2) is 7.78. The largest absolute Gasteiger partial charge is 0.409 e. The van der Waals surface area contributed by atoms with Crippen LogP contribution >= 0.6 is 0 Å². The monoisotopic (exact) mass is 285 g/mol. The number of nitrogens with zero attached hydrogens (tertiary/aromatic N) is 2. The third-order valence-corrected chi connectivity index (χ3v) is 2.78. The highest BCUT2D eigenvalue weighted by molar-refractivity contribution is 5.97. The number of hydrogen-bond donors (Lipinski definition) is 3. The van der Waals surface area contributed by atoms with Crippen LogP contribution in [0, 0.1) is 5.82 Å². The molecule has 6 nitrogen and oxygen atoms in total. The highest BCUT2D eigenvalue weighted by Gasteiger charge is 2.12. The van der Waals surface area contributed by atoms with Gasteiger partial charge in [-0.25, -0.2) is 4.39 Å². The van der Waals surface area contributed by atoms with E-state index in [1.807, 2.05) is 0 Å². The maximum Gasteiger partial charge on any atom is 0.170 e. The van der Waals surface area contributed by atoms with Gasteiger partial charge >= 0.3 is 0 Å². The van der Waals surface area contributed by atoms with E-state index in [1.54, 1.807) is 24.1 Å². The first-order valence-electron chi connectivity index (χ1n) is 6.09. The van der Waals surface area contributed by atoms with E-state index < -0.39 is 11.9 Å². The van der Waals surface area contributed by atoms with E-state index in [1.165, 1.54) is 13.2 Å². The molecule has 0 aliphatic heterocycles. The maximum atomic E-state index is 13.9. The smallest absolute Gasteiger partial charge is 0.170 e. The van der Waals surface area contributed by atoms with Crippen molar-refractivity contribution in [3.05, 3.63) is 35.1 Å². The average molecular weight is 285 g/mol. The summed E-state index contributed by atoms with van der Waals surface area (Å²) >= 11 is 0. The Kier molecular flexibility index (Phi) is 6.37. The first-order chi connectivity index (χ1) is 9.47. The molecule has 1 aromatic rings. The maximum absolute atomic E-state index is 13.9. The Hall–Kier alpha value is -1.70. The lowest BCUT2D eigenvalue weighted by Gasteiger charge is -2.20. The molecule has 0 aliphatic rings. The number of amidine groups is 1. The number of nitrogens with two attached hydrogens (primary N) is 1. The van der Waals surface area contributed by atoms with Crippen LogP contribution in [0.5, 0.6) is 0 Å². The van der Waals surface area contributed by atoms with Crippen LogP contribution in [0.4, 0.5) is 4.39 Å². The van der Waals surface area contributed by atoms with Crippen LogP contribution in [0.25, 0.3) is 0 Å². The fourth-order valence-electron chi connectivity index (χ4n) is 1.85. The van der Waals surface area contributed by atoms with Crippen molar-refractivity contribution in [1.29, 1.82) is 0 Å². The van der Waals surface area contributed by atoms with E-state index in [4.69, 9.17) is 15.7 Å². The third kappa shape index (κ3) is 4.76. The molecule has 1 unspecified atom stereocenters. The molecule has 0 heterocycles.